The van der Waals surface area contributed by atoms with Gasteiger partial charge in [0.2, 0.25) is 10.0 Å². The largest absolute Gasteiger partial charge is 0.314 e. The summed E-state index contributed by atoms with van der Waals surface area (Å²) in [5.74, 6) is 0. The molecule has 10 heteroatoms. The first-order valence-corrected chi connectivity index (χ1v) is 8.31. The van der Waals surface area contributed by atoms with Gasteiger partial charge in [0.1, 0.15) is 14.9 Å². The second-order valence-electron chi connectivity index (χ2n) is 4.63. The molecule has 1 aromatic rings. The average molecular weight is 354 g/mol. The van der Waals surface area contributed by atoms with E-state index in [4.69, 9.17) is 23.2 Å². The molecule has 1 N–H and O–H groups in total. The van der Waals surface area contributed by atoms with Gasteiger partial charge >= 0.3 is 5.69 Å². The maximum Gasteiger partial charge on any atom is 0.307 e. The van der Waals surface area contributed by atoms with Crippen LogP contribution in [0.1, 0.15) is 6.92 Å². The van der Waals surface area contributed by atoms with Crippen molar-refractivity contribution in [2.24, 2.45) is 0 Å². The van der Waals surface area contributed by atoms with Gasteiger partial charge in [0, 0.05) is 25.7 Å². The van der Waals surface area contributed by atoms with Crippen LogP contribution in [0.2, 0.25) is 10.0 Å². The summed E-state index contributed by atoms with van der Waals surface area (Å²) in [7, 11) is -3.92. The number of hydrogen-bond acceptors (Lipinski definition) is 5. The summed E-state index contributed by atoms with van der Waals surface area (Å²) in [5, 5.41) is 13.4. The lowest BCUT2D eigenvalue weighted by Crippen LogP contribution is -2.52. The van der Waals surface area contributed by atoms with Crippen molar-refractivity contribution in [2.45, 2.75) is 17.9 Å². The summed E-state index contributed by atoms with van der Waals surface area (Å²) < 4.78 is 26.6. The van der Waals surface area contributed by atoms with E-state index in [1.54, 1.807) is 6.92 Å². The van der Waals surface area contributed by atoms with Crippen molar-refractivity contribution in [3.63, 3.8) is 0 Å². The third kappa shape index (κ3) is 3.00. The van der Waals surface area contributed by atoms with Gasteiger partial charge in [-0.2, -0.15) is 4.31 Å². The number of nitro benzene ring substituents is 1. The van der Waals surface area contributed by atoms with Gasteiger partial charge in [-0.05, 0) is 19.1 Å². The van der Waals surface area contributed by atoms with E-state index in [0.717, 1.165) is 0 Å². The van der Waals surface area contributed by atoms with Crippen molar-refractivity contribution in [2.75, 3.05) is 19.6 Å². The van der Waals surface area contributed by atoms with Gasteiger partial charge < -0.3 is 5.32 Å². The molecule has 1 aromatic carbocycles. The molecule has 0 amide bonds. The summed E-state index contributed by atoms with van der Waals surface area (Å²) in [5.41, 5.74) is -0.595. The molecule has 21 heavy (non-hydrogen) atoms. The monoisotopic (exact) mass is 353 g/mol. The lowest BCUT2D eigenvalue weighted by Gasteiger charge is -2.33. The van der Waals surface area contributed by atoms with E-state index in [2.05, 4.69) is 5.32 Å². The first-order valence-electron chi connectivity index (χ1n) is 6.11. The second kappa shape index (κ2) is 6.05. The van der Waals surface area contributed by atoms with Crippen molar-refractivity contribution in [3.05, 3.63) is 32.3 Å². The zero-order chi connectivity index (χ0) is 15.8. The predicted molar refractivity (Wildman–Crippen MR) is 79.3 cm³/mol. The number of nitrogens with zero attached hydrogens (tertiary/aromatic N) is 2. The molecular weight excluding hydrogens is 341 g/mol. The summed E-state index contributed by atoms with van der Waals surface area (Å²) in [6.45, 7) is 3.04. The third-order valence-corrected chi connectivity index (χ3v) is 6.10. The highest BCUT2D eigenvalue weighted by Gasteiger charge is 2.35. The summed E-state index contributed by atoms with van der Waals surface area (Å²) in [4.78, 5) is 9.90. The minimum atomic E-state index is -3.92. The molecule has 0 aliphatic carbocycles. The van der Waals surface area contributed by atoms with Crippen molar-refractivity contribution >= 4 is 38.9 Å². The molecule has 1 aliphatic heterocycles. The molecule has 2 rings (SSSR count). The smallest absolute Gasteiger partial charge is 0.307 e. The van der Waals surface area contributed by atoms with Gasteiger partial charge in [0.05, 0.1) is 4.92 Å². The molecule has 1 aliphatic rings. The topological polar surface area (TPSA) is 92.6 Å². The zero-order valence-electron chi connectivity index (χ0n) is 11.0. The van der Waals surface area contributed by atoms with Crippen LogP contribution in [0.4, 0.5) is 5.69 Å². The molecule has 0 aromatic heterocycles. The number of hydrogen-bond donors (Lipinski definition) is 1. The van der Waals surface area contributed by atoms with Crippen LogP contribution in [0.3, 0.4) is 0 Å². The first kappa shape index (κ1) is 16.4. The fourth-order valence-corrected chi connectivity index (χ4v) is 4.69. The Balaban J connectivity index is 2.55. The maximum absolute atomic E-state index is 12.7. The minimum absolute atomic E-state index is 0.197. The van der Waals surface area contributed by atoms with E-state index < -0.39 is 25.7 Å². The van der Waals surface area contributed by atoms with E-state index >= 15 is 0 Å². The fraction of sp³-hybridized carbons (Fsp3) is 0.455. The highest BCUT2D eigenvalue weighted by atomic mass is 35.5. The Labute approximate surface area is 132 Å². The summed E-state index contributed by atoms with van der Waals surface area (Å²) >= 11 is 11.6. The van der Waals surface area contributed by atoms with E-state index in [0.29, 0.717) is 13.1 Å². The number of nitrogens with one attached hydrogen (secondary N) is 1. The van der Waals surface area contributed by atoms with Gasteiger partial charge in [0.25, 0.3) is 0 Å². The molecule has 116 valence electrons. The number of nitro groups is 1. The van der Waals surface area contributed by atoms with Crippen molar-refractivity contribution in [3.8, 4) is 0 Å². The number of halogens is 2. The number of benzene rings is 1. The molecule has 0 radical (unpaired) electrons. The van der Waals surface area contributed by atoms with Gasteiger partial charge in [0.15, 0.2) is 0 Å². The lowest BCUT2D eigenvalue weighted by molar-refractivity contribution is -0.384. The minimum Gasteiger partial charge on any atom is -0.314 e. The predicted octanol–water partition coefficient (Wildman–Crippen LogP) is 1.88. The van der Waals surface area contributed by atoms with E-state index in [1.807, 2.05) is 0 Å². The highest BCUT2D eigenvalue weighted by molar-refractivity contribution is 7.89. The standard InChI is InChI=1S/C11H13Cl2N3O4S/c1-7-6-14-4-5-15(7)21(19,20)9-3-2-8(12)11(10(9)13)16(17)18/h2-3,7,14H,4-6H2,1H3. The Bertz CT molecular complexity index is 680. The summed E-state index contributed by atoms with van der Waals surface area (Å²) in [6, 6.07) is 2.10. The van der Waals surface area contributed by atoms with Crippen LogP contribution in [0.15, 0.2) is 17.0 Å². The molecule has 0 saturated carbocycles. The van der Waals surface area contributed by atoms with Gasteiger partial charge in [-0.15, -0.1) is 0 Å². The van der Waals surface area contributed by atoms with Crippen LogP contribution >= 0.6 is 23.2 Å². The Kier molecular flexibility index (Phi) is 4.74. The Morgan fingerprint density at radius 1 is 1.43 bits per heavy atom. The number of rotatable bonds is 3. The van der Waals surface area contributed by atoms with Gasteiger partial charge in [-0.3, -0.25) is 10.1 Å². The molecule has 1 unspecified atom stereocenters. The van der Waals surface area contributed by atoms with Crippen molar-refractivity contribution in [1.29, 1.82) is 0 Å². The van der Waals surface area contributed by atoms with Crippen LogP contribution in [-0.4, -0.2) is 43.3 Å². The molecule has 0 bridgehead atoms. The van der Waals surface area contributed by atoms with Crippen LogP contribution in [-0.2, 0) is 10.0 Å². The van der Waals surface area contributed by atoms with Crippen LogP contribution < -0.4 is 5.32 Å². The molecule has 0 spiro atoms. The summed E-state index contributed by atoms with van der Waals surface area (Å²) in [6.07, 6.45) is 0. The Hall–Kier alpha value is -0.930. The first-order chi connectivity index (χ1) is 9.76. The van der Waals surface area contributed by atoms with Crippen LogP contribution in [0, 0.1) is 10.1 Å². The van der Waals surface area contributed by atoms with Crippen LogP contribution in [0.25, 0.3) is 0 Å². The lowest BCUT2D eigenvalue weighted by atomic mass is 10.3. The van der Waals surface area contributed by atoms with E-state index in [9.17, 15) is 18.5 Å². The highest BCUT2D eigenvalue weighted by Crippen LogP contribution is 2.38. The molecule has 7 nitrogen and oxygen atoms in total. The number of piperazine rings is 1. The van der Waals surface area contributed by atoms with E-state index in [1.165, 1.54) is 16.4 Å². The van der Waals surface area contributed by atoms with Crippen LogP contribution in [0.5, 0.6) is 0 Å². The molecule has 1 saturated heterocycles. The Morgan fingerprint density at radius 2 is 2.10 bits per heavy atom. The van der Waals surface area contributed by atoms with E-state index in [-0.39, 0.29) is 22.5 Å². The number of sulfonamides is 1. The zero-order valence-corrected chi connectivity index (χ0v) is 13.4. The molecule has 1 atom stereocenters. The molecular formula is C11H13Cl2N3O4S. The fourth-order valence-electron chi connectivity index (χ4n) is 2.19. The van der Waals surface area contributed by atoms with Gasteiger partial charge in [-0.1, -0.05) is 23.2 Å². The molecule has 1 fully saturated rings. The second-order valence-corrected chi connectivity index (χ2v) is 7.28. The normalized spacial score (nSPS) is 20.4. The van der Waals surface area contributed by atoms with Crippen molar-refractivity contribution < 1.29 is 13.3 Å². The quantitative estimate of drug-likeness (QED) is 0.661. The SMILES string of the molecule is CC1CNCCN1S(=O)(=O)c1ccc(Cl)c([N+](=O)[O-])c1Cl. The Morgan fingerprint density at radius 3 is 2.67 bits per heavy atom. The molecule has 1 heterocycles. The average Bonchev–Trinajstić information content (AvgIpc) is 2.38. The third-order valence-electron chi connectivity index (χ3n) is 3.24. The van der Waals surface area contributed by atoms with Crippen molar-refractivity contribution in [1.82, 2.24) is 9.62 Å². The maximum atomic E-state index is 12.7. The van der Waals surface area contributed by atoms with Gasteiger partial charge in [-0.25, -0.2) is 8.42 Å².